The first-order chi connectivity index (χ1) is 16.6. The van der Waals surface area contributed by atoms with E-state index in [4.69, 9.17) is 13.9 Å². The standard InChI is InChI=1S/C28H36O5S/c1-4-6-8-9-10-12-15-31-25-19-21(34-3)18-23-26(29)22-17-20(13-14-24(22)33-27(23)25)28(30)32-16-11-7-5-2/h13-14,17-19H,4-12,15-16H2,1-3H3. The van der Waals surface area contributed by atoms with E-state index in [1.165, 1.54) is 25.7 Å². The van der Waals surface area contributed by atoms with Crippen molar-refractivity contribution in [2.24, 2.45) is 0 Å². The van der Waals surface area contributed by atoms with Crippen molar-refractivity contribution in [3.8, 4) is 5.75 Å². The largest absolute Gasteiger partial charge is 0.490 e. The first-order valence-corrected chi connectivity index (χ1v) is 13.7. The molecule has 3 rings (SSSR count). The van der Waals surface area contributed by atoms with Crippen LogP contribution >= 0.6 is 11.8 Å². The Labute approximate surface area is 206 Å². The van der Waals surface area contributed by atoms with E-state index < -0.39 is 5.97 Å². The molecule has 0 saturated heterocycles. The molecule has 1 aromatic heterocycles. The molecule has 0 amide bonds. The average Bonchev–Trinajstić information content (AvgIpc) is 2.86. The summed E-state index contributed by atoms with van der Waals surface area (Å²) >= 11 is 1.55. The molecular formula is C28H36O5S. The summed E-state index contributed by atoms with van der Waals surface area (Å²) in [4.78, 5) is 26.7. The van der Waals surface area contributed by atoms with Crippen LogP contribution in [0.3, 0.4) is 0 Å². The molecule has 0 N–H and O–H groups in total. The Balaban J connectivity index is 1.84. The minimum atomic E-state index is -0.418. The van der Waals surface area contributed by atoms with E-state index in [0.717, 1.165) is 37.0 Å². The molecule has 0 spiro atoms. The third-order valence-corrected chi connectivity index (χ3v) is 6.62. The zero-order chi connectivity index (χ0) is 24.3. The van der Waals surface area contributed by atoms with Gasteiger partial charge in [0, 0.05) is 4.90 Å². The number of esters is 1. The second-order valence-electron chi connectivity index (χ2n) is 8.60. The fraction of sp³-hybridized carbons (Fsp3) is 0.500. The van der Waals surface area contributed by atoms with Crippen LogP contribution in [0.2, 0.25) is 0 Å². The molecule has 184 valence electrons. The monoisotopic (exact) mass is 484 g/mol. The average molecular weight is 485 g/mol. The first-order valence-electron chi connectivity index (χ1n) is 12.5. The molecule has 0 bridgehead atoms. The molecule has 1 heterocycles. The maximum Gasteiger partial charge on any atom is 0.338 e. The Morgan fingerprint density at radius 1 is 0.882 bits per heavy atom. The predicted octanol–water partition coefficient (Wildman–Crippen LogP) is 7.75. The van der Waals surface area contributed by atoms with Gasteiger partial charge in [-0.25, -0.2) is 4.79 Å². The van der Waals surface area contributed by atoms with Crippen LogP contribution in [0.25, 0.3) is 21.9 Å². The van der Waals surface area contributed by atoms with E-state index in [1.807, 2.05) is 18.4 Å². The topological polar surface area (TPSA) is 65.7 Å². The fourth-order valence-corrected chi connectivity index (χ4v) is 4.38. The van der Waals surface area contributed by atoms with Crippen LogP contribution in [0.5, 0.6) is 5.75 Å². The minimum Gasteiger partial charge on any atom is -0.490 e. The normalized spacial score (nSPS) is 11.3. The fourth-order valence-electron chi connectivity index (χ4n) is 3.92. The lowest BCUT2D eigenvalue weighted by Crippen LogP contribution is -2.09. The molecule has 0 unspecified atom stereocenters. The second kappa shape index (κ2) is 13.4. The van der Waals surface area contributed by atoms with Gasteiger partial charge in [-0.1, -0.05) is 58.8 Å². The van der Waals surface area contributed by atoms with Gasteiger partial charge in [-0.3, -0.25) is 4.79 Å². The van der Waals surface area contributed by atoms with Crippen molar-refractivity contribution in [1.29, 1.82) is 0 Å². The van der Waals surface area contributed by atoms with Gasteiger partial charge in [0.2, 0.25) is 5.43 Å². The van der Waals surface area contributed by atoms with Crippen LogP contribution in [0, 0.1) is 0 Å². The highest BCUT2D eigenvalue weighted by atomic mass is 32.2. The molecule has 5 nitrogen and oxygen atoms in total. The molecule has 34 heavy (non-hydrogen) atoms. The number of thioether (sulfide) groups is 1. The number of carbonyl (C=O) groups is 1. The second-order valence-corrected chi connectivity index (χ2v) is 9.48. The van der Waals surface area contributed by atoms with Gasteiger partial charge in [0.15, 0.2) is 11.3 Å². The van der Waals surface area contributed by atoms with E-state index in [2.05, 4.69) is 13.8 Å². The molecule has 0 radical (unpaired) electrons. The summed E-state index contributed by atoms with van der Waals surface area (Å²) < 4.78 is 17.6. The molecule has 3 aromatic rings. The van der Waals surface area contributed by atoms with Gasteiger partial charge in [0.05, 0.1) is 29.5 Å². The molecule has 0 atom stereocenters. The van der Waals surface area contributed by atoms with Crippen molar-refractivity contribution in [1.82, 2.24) is 0 Å². The van der Waals surface area contributed by atoms with Crippen molar-refractivity contribution in [2.45, 2.75) is 76.5 Å². The minimum absolute atomic E-state index is 0.169. The number of hydrogen-bond donors (Lipinski definition) is 0. The Kier molecular flexibility index (Phi) is 10.3. The molecule has 0 aliphatic heterocycles. The number of hydrogen-bond acceptors (Lipinski definition) is 6. The molecular weight excluding hydrogens is 448 g/mol. The van der Waals surface area contributed by atoms with Crippen molar-refractivity contribution < 1.29 is 18.7 Å². The molecule has 2 aromatic carbocycles. The predicted molar refractivity (Wildman–Crippen MR) is 140 cm³/mol. The maximum atomic E-state index is 13.4. The lowest BCUT2D eigenvalue weighted by molar-refractivity contribution is 0.0498. The smallest absolute Gasteiger partial charge is 0.338 e. The van der Waals surface area contributed by atoms with Gasteiger partial charge in [-0.2, -0.15) is 0 Å². The van der Waals surface area contributed by atoms with Gasteiger partial charge in [0.25, 0.3) is 0 Å². The van der Waals surface area contributed by atoms with Crippen molar-refractivity contribution in [2.75, 3.05) is 19.5 Å². The summed E-state index contributed by atoms with van der Waals surface area (Å²) in [5.41, 5.74) is 1.07. The summed E-state index contributed by atoms with van der Waals surface area (Å²) in [6, 6.07) is 8.65. The molecule has 6 heteroatoms. The highest BCUT2D eigenvalue weighted by Gasteiger charge is 2.16. The summed E-state index contributed by atoms with van der Waals surface area (Å²) in [5.74, 6) is 0.173. The number of unbranched alkanes of at least 4 members (excludes halogenated alkanes) is 7. The van der Waals surface area contributed by atoms with Crippen LogP contribution in [-0.4, -0.2) is 25.4 Å². The number of carbonyl (C=O) groups excluding carboxylic acids is 1. The Hall–Kier alpha value is -2.47. The maximum absolute atomic E-state index is 13.4. The van der Waals surface area contributed by atoms with Crippen LogP contribution < -0.4 is 10.2 Å². The summed E-state index contributed by atoms with van der Waals surface area (Å²) in [7, 11) is 0. The first kappa shape index (κ1) is 26.1. The van der Waals surface area contributed by atoms with Gasteiger partial charge >= 0.3 is 5.97 Å². The van der Waals surface area contributed by atoms with Gasteiger partial charge in [0.1, 0.15) is 5.58 Å². The highest BCUT2D eigenvalue weighted by molar-refractivity contribution is 7.98. The number of benzene rings is 2. The molecule has 0 fully saturated rings. The third-order valence-electron chi connectivity index (χ3n) is 5.92. The van der Waals surface area contributed by atoms with Gasteiger partial charge in [-0.05, 0) is 49.4 Å². The number of rotatable bonds is 14. The van der Waals surface area contributed by atoms with Crippen molar-refractivity contribution in [3.05, 3.63) is 46.1 Å². The Morgan fingerprint density at radius 3 is 2.35 bits per heavy atom. The van der Waals surface area contributed by atoms with E-state index in [0.29, 0.717) is 46.5 Å². The highest BCUT2D eigenvalue weighted by Crippen LogP contribution is 2.32. The van der Waals surface area contributed by atoms with Gasteiger partial charge < -0.3 is 13.9 Å². The van der Waals surface area contributed by atoms with Crippen molar-refractivity contribution in [3.63, 3.8) is 0 Å². The van der Waals surface area contributed by atoms with Crippen LogP contribution in [0.4, 0.5) is 0 Å². The summed E-state index contributed by atoms with van der Waals surface area (Å²) in [6.07, 6.45) is 12.0. The molecule has 0 aliphatic carbocycles. The zero-order valence-corrected chi connectivity index (χ0v) is 21.4. The lowest BCUT2D eigenvalue weighted by Gasteiger charge is -2.11. The van der Waals surface area contributed by atoms with Crippen LogP contribution in [0.15, 0.2) is 44.4 Å². The van der Waals surface area contributed by atoms with E-state index in [-0.39, 0.29) is 5.43 Å². The van der Waals surface area contributed by atoms with Crippen LogP contribution in [0.1, 0.15) is 82.0 Å². The van der Waals surface area contributed by atoms with Gasteiger partial charge in [-0.15, -0.1) is 11.8 Å². The zero-order valence-electron chi connectivity index (χ0n) is 20.6. The van der Waals surface area contributed by atoms with E-state index in [9.17, 15) is 9.59 Å². The molecule has 0 saturated carbocycles. The van der Waals surface area contributed by atoms with Crippen molar-refractivity contribution >= 4 is 39.7 Å². The van der Waals surface area contributed by atoms with Crippen LogP contribution in [-0.2, 0) is 4.74 Å². The number of ether oxygens (including phenoxy) is 2. The molecule has 0 aliphatic rings. The third kappa shape index (κ3) is 6.78. The summed E-state index contributed by atoms with van der Waals surface area (Å²) in [6.45, 7) is 5.28. The lowest BCUT2D eigenvalue weighted by atomic mass is 10.1. The van der Waals surface area contributed by atoms with E-state index >= 15 is 0 Å². The Morgan fingerprint density at radius 2 is 1.59 bits per heavy atom. The Bertz CT molecular complexity index is 1150. The number of fused-ring (bicyclic) bond motifs is 2. The SMILES string of the molecule is CCCCCCCCOc1cc(SC)cc2c(=O)c3cc(C(=O)OCCCCC)ccc3oc12. The van der Waals surface area contributed by atoms with E-state index in [1.54, 1.807) is 30.0 Å². The quantitative estimate of drug-likeness (QED) is 0.101. The summed E-state index contributed by atoms with van der Waals surface area (Å²) in [5, 5.41) is 0.835.